The van der Waals surface area contributed by atoms with E-state index < -0.39 is 0 Å². The Balaban J connectivity index is 1.15. The van der Waals surface area contributed by atoms with Crippen molar-refractivity contribution in [1.82, 2.24) is 9.13 Å². The number of aromatic nitrogens is 2. The van der Waals surface area contributed by atoms with Crippen molar-refractivity contribution in [2.24, 2.45) is 0 Å². The minimum Gasteiger partial charge on any atom is -0.456 e. The van der Waals surface area contributed by atoms with E-state index in [0.717, 1.165) is 44.4 Å². The lowest BCUT2D eigenvalue weighted by Gasteiger charge is -2.12. The largest absolute Gasteiger partial charge is 0.456 e. The van der Waals surface area contributed by atoms with Crippen LogP contribution in [-0.2, 0) is 0 Å². The van der Waals surface area contributed by atoms with Crippen molar-refractivity contribution in [3.63, 3.8) is 0 Å². The molecule has 0 atom stereocenters. The van der Waals surface area contributed by atoms with Gasteiger partial charge in [-0.1, -0.05) is 115 Å². The summed E-state index contributed by atoms with van der Waals surface area (Å²) in [5, 5.41) is 7.27. The molecule has 0 saturated carbocycles. The van der Waals surface area contributed by atoms with Gasteiger partial charge in [-0.05, 0) is 89.0 Å². The van der Waals surface area contributed by atoms with Gasteiger partial charge in [0.1, 0.15) is 11.2 Å². The van der Waals surface area contributed by atoms with E-state index in [1.807, 2.05) is 12.1 Å². The number of para-hydroxylation sites is 3. The first-order chi connectivity index (χ1) is 25.3. The smallest absolute Gasteiger partial charge is 0.136 e. The predicted molar refractivity (Wildman–Crippen MR) is 213 cm³/mol. The molecule has 0 amide bonds. The molecule has 0 radical (unpaired) electrons. The highest BCUT2D eigenvalue weighted by atomic mass is 16.3. The van der Waals surface area contributed by atoms with Gasteiger partial charge in [-0.2, -0.15) is 0 Å². The fourth-order valence-electron chi connectivity index (χ4n) is 8.17. The molecule has 0 N–H and O–H groups in total. The van der Waals surface area contributed by atoms with Crippen LogP contribution in [0.3, 0.4) is 0 Å². The van der Waals surface area contributed by atoms with E-state index in [2.05, 4.69) is 179 Å². The maximum absolute atomic E-state index is 6.27. The van der Waals surface area contributed by atoms with E-state index >= 15 is 0 Å². The molecule has 51 heavy (non-hydrogen) atoms. The quantitative estimate of drug-likeness (QED) is 0.186. The third-order valence-electron chi connectivity index (χ3n) is 10.5. The molecule has 0 fully saturated rings. The molecule has 0 unspecified atom stereocenters. The molecule has 0 aliphatic heterocycles. The molecule has 0 saturated heterocycles. The van der Waals surface area contributed by atoms with E-state index in [4.69, 9.17) is 4.42 Å². The third-order valence-corrected chi connectivity index (χ3v) is 10.5. The molecular formula is C48H30N2O. The van der Waals surface area contributed by atoms with Gasteiger partial charge in [0, 0.05) is 43.7 Å². The molecule has 3 nitrogen and oxygen atoms in total. The van der Waals surface area contributed by atoms with Crippen molar-refractivity contribution in [2.75, 3.05) is 0 Å². The Morgan fingerprint density at radius 3 is 1.45 bits per heavy atom. The summed E-state index contributed by atoms with van der Waals surface area (Å²) in [5.74, 6) is 0. The fourth-order valence-corrected chi connectivity index (χ4v) is 8.17. The van der Waals surface area contributed by atoms with Crippen molar-refractivity contribution in [3.05, 3.63) is 182 Å². The van der Waals surface area contributed by atoms with E-state index in [-0.39, 0.29) is 0 Å². The number of fused-ring (bicyclic) bond motifs is 9. The van der Waals surface area contributed by atoms with Crippen molar-refractivity contribution in [2.45, 2.75) is 0 Å². The first-order valence-electron chi connectivity index (χ1n) is 17.4. The Morgan fingerprint density at radius 2 is 0.784 bits per heavy atom. The van der Waals surface area contributed by atoms with E-state index in [0.29, 0.717) is 0 Å². The zero-order valence-electron chi connectivity index (χ0n) is 27.6. The second kappa shape index (κ2) is 10.8. The maximum Gasteiger partial charge on any atom is 0.136 e. The highest BCUT2D eigenvalue weighted by Gasteiger charge is 2.19. The van der Waals surface area contributed by atoms with Crippen LogP contribution in [0.4, 0.5) is 0 Å². The SMILES string of the molecule is c1ccc(-c2cccc(-n3c4ccccc4c4cc5c6ccccc6n(-c6cccc(-c7ccc8c(c7)oc7ccccc78)c6)c5cc43)c2)cc1. The second-order valence-electron chi connectivity index (χ2n) is 13.4. The highest BCUT2D eigenvalue weighted by Crippen LogP contribution is 2.41. The summed E-state index contributed by atoms with van der Waals surface area (Å²) in [6, 6.07) is 65.6. The molecule has 3 aromatic heterocycles. The van der Waals surface area contributed by atoms with Crippen LogP contribution in [0, 0.1) is 0 Å². The van der Waals surface area contributed by atoms with Crippen LogP contribution in [0.5, 0.6) is 0 Å². The lowest BCUT2D eigenvalue weighted by atomic mass is 10.0. The van der Waals surface area contributed by atoms with E-state index in [1.165, 1.54) is 54.7 Å². The highest BCUT2D eigenvalue weighted by molar-refractivity contribution is 6.19. The molecule has 0 spiro atoms. The van der Waals surface area contributed by atoms with Crippen molar-refractivity contribution in [1.29, 1.82) is 0 Å². The number of rotatable bonds is 4. The molecule has 3 heterocycles. The minimum absolute atomic E-state index is 0.905. The van der Waals surface area contributed by atoms with Gasteiger partial charge < -0.3 is 13.6 Å². The number of benzene rings is 8. The van der Waals surface area contributed by atoms with Gasteiger partial charge >= 0.3 is 0 Å². The third kappa shape index (κ3) is 4.25. The van der Waals surface area contributed by atoms with Gasteiger partial charge in [-0.3, -0.25) is 0 Å². The average molecular weight is 651 g/mol. The normalized spacial score (nSPS) is 11.9. The van der Waals surface area contributed by atoms with Crippen LogP contribution in [0.1, 0.15) is 0 Å². The first kappa shape index (κ1) is 28.0. The molecule has 8 aromatic carbocycles. The van der Waals surface area contributed by atoms with Crippen molar-refractivity contribution in [3.8, 4) is 33.6 Å². The van der Waals surface area contributed by atoms with E-state index in [1.54, 1.807) is 0 Å². The van der Waals surface area contributed by atoms with Gasteiger partial charge in [0.05, 0.1) is 22.1 Å². The molecule has 0 aliphatic carbocycles. The van der Waals surface area contributed by atoms with Gasteiger partial charge in [0.15, 0.2) is 0 Å². The average Bonchev–Trinajstić information content (AvgIpc) is 3.84. The Hall–Kier alpha value is -6.84. The summed E-state index contributed by atoms with van der Waals surface area (Å²) in [6.45, 7) is 0. The summed E-state index contributed by atoms with van der Waals surface area (Å²) in [4.78, 5) is 0. The molecule has 3 heteroatoms. The van der Waals surface area contributed by atoms with Gasteiger partial charge in [-0.15, -0.1) is 0 Å². The summed E-state index contributed by atoms with van der Waals surface area (Å²) < 4.78 is 11.1. The zero-order valence-corrected chi connectivity index (χ0v) is 27.6. The Morgan fingerprint density at radius 1 is 0.275 bits per heavy atom. The standard InChI is InChI=1S/C48H30N2O/c1-2-12-31(13-3-1)32-14-10-16-35(26-32)49-43-21-7-4-18-37(43)41-29-42-38-19-5-8-22-44(38)50(46(42)30-45(41)49)36-17-11-15-33(27-36)34-24-25-40-39-20-6-9-23-47(39)51-48(40)28-34/h1-30H. The molecule has 11 aromatic rings. The van der Waals surface area contributed by atoms with Gasteiger partial charge in [0.25, 0.3) is 0 Å². The number of hydrogen-bond donors (Lipinski definition) is 0. The summed E-state index contributed by atoms with van der Waals surface area (Å²) in [7, 11) is 0. The lowest BCUT2D eigenvalue weighted by Crippen LogP contribution is -1.96. The Kier molecular flexibility index (Phi) is 5.96. The first-order valence-corrected chi connectivity index (χ1v) is 17.4. The molecular weight excluding hydrogens is 621 g/mol. The number of hydrogen-bond acceptors (Lipinski definition) is 1. The molecule has 238 valence electrons. The van der Waals surface area contributed by atoms with Gasteiger partial charge in [0.2, 0.25) is 0 Å². The molecule has 11 rings (SSSR count). The van der Waals surface area contributed by atoms with Crippen LogP contribution in [0.2, 0.25) is 0 Å². The van der Waals surface area contributed by atoms with Crippen molar-refractivity contribution < 1.29 is 4.42 Å². The van der Waals surface area contributed by atoms with Gasteiger partial charge in [-0.25, -0.2) is 0 Å². The molecule has 0 bridgehead atoms. The zero-order chi connectivity index (χ0) is 33.5. The summed E-state index contributed by atoms with van der Waals surface area (Å²) in [6.07, 6.45) is 0. The predicted octanol–water partition coefficient (Wildman–Crippen LogP) is 13.1. The van der Waals surface area contributed by atoms with Crippen LogP contribution in [0.15, 0.2) is 186 Å². The summed E-state index contributed by atoms with van der Waals surface area (Å²) >= 11 is 0. The monoisotopic (exact) mass is 650 g/mol. The van der Waals surface area contributed by atoms with Crippen LogP contribution in [-0.4, -0.2) is 9.13 Å². The lowest BCUT2D eigenvalue weighted by molar-refractivity contribution is 0.669. The fraction of sp³-hybridized carbons (Fsp3) is 0. The molecule has 0 aliphatic rings. The van der Waals surface area contributed by atoms with Crippen molar-refractivity contribution >= 4 is 65.6 Å². The number of furan rings is 1. The summed E-state index contributed by atoms with van der Waals surface area (Å²) in [5.41, 5.74) is 13.5. The van der Waals surface area contributed by atoms with Crippen LogP contribution < -0.4 is 0 Å². The van der Waals surface area contributed by atoms with Crippen LogP contribution in [0.25, 0.3) is 99.2 Å². The maximum atomic E-state index is 6.27. The Labute approximate surface area is 293 Å². The Bertz CT molecular complexity index is 3140. The topological polar surface area (TPSA) is 23.0 Å². The minimum atomic E-state index is 0.905. The van der Waals surface area contributed by atoms with Crippen LogP contribution >= 0.6 is 0 Å². The number of nitrogens with zero attached hydrogens (tertiary/aromatic N) is 2. The van der Waals surface area contributed by atoms with E-state index in [9.17, 15) is 0 Å². The second-order valence-corrected chi connectivity index (χ2v) is 13.4.